The molecule has 0 unspecified atom stereocenters. The third-order valence-corrected chi connectivity index (χ3v) is 3.18. The number of carbonyl (C=O) groups excluding carboxylic acids is 1. The Morgan fingerprint density at radius 3 is 2.48 bits per heavy atom. The fourth-order valence-electron chi connectivity index (χ4n) is 1.97. The molecule has 0 aromatic heterocycles. The molecular formula is C18H28O3. The zero-order chi connectivity index (χ0) is 15.8. The fourth-order valence-corrected chi connectivity index (χ4v) is 1.97. The van der Waals surface area contributed by atoms with E-state index in [4.69, 9.17) is 9.47 Å². The molecule has 0 saturated heterocycles. The van der Waals surface area contributed by atoms with E-state index in [0.29, 0.717) is 36.4 Å². The third kappa shape index (κ3) is 5.41. The van der Waals surface area contributed by atoms with Crippen LogP contribution in [0.2, 0.25) is 0 Å². The molecule has 3 heteroatoms. The highest BCUT2D eigenvalue weighted by Crippen LogP contribution is 2.31. The van der Waals surface area contributed by atoms with Gasteiger partial charge in [-0.15, -0.1) is 0 Å². The molecule has 118 valence electrons. The predicted octanol–water partition coefficient (Wildman–Crippen LogP) is 4.80. The van der Waals surface area contributed by atoms with Crippen molar-refractivity contribution in [3.05, 3.63) is 29.3 Å². The SMILES string of the molecule is CCCCOc1c(C(=O)OCC(C)C)cccc1C(C)C. The first kappa shape index (κ1) is 17.5. The van der Waals surface area contributed by atoms with Gasteiger partial charge in [0.05, 0.1) is 13.2 Å². The Labute approximate surface area is 128 Å². The molecule has 0 N–H and O–H groups in total. The number of carbonyl (C=O) groups is 1. The summed E-state index contributed by atoms with van der Waals surface area (Å²) in [5, 5.41) is 0. The summed E-state index contributed by atoms with van der Waals surface area (Å²) in [7, 11) is 0. The number of ether oxygens (including phenoxy) is 2. The number of unbranched alkanes of at least 4 members (excludes halogenated alkanes) is 1. The Hall–Kier alpha value is -1.51. The minimum absolute atomic E-state index is 0.294. The minimum Gasteiger partial charge on any atom is -0.492 e. The van der Waals surface area contributed by atoms with Crippen molar-refractivity contribution in [1.82, 2.24) is 0 Å². The molecule has 1 aromatic rings. The molecule has 0 aliphatic carbocycles. The summed E-state index contributed by atoms with van der Waals surface area (Å²) >= 11 is 0. The van der Waals surface area contributed by atoms with Crippen LogP contribution in [0.5, 0.6) is 5.75 Å². The minimum atomic E-state index is -0.294. The highest BCUT2D eigenvalue weighted by Gasteiger charge is 2.19. The smallest absolute Gasteiger partial charge is 0.341 e. The maximum Gasteiger partial charge on any atom is 0.341 e. The largest absolute Gasteiger partial charge is 0.492 e. The van der Waals surface area contributed by atoms with Crippen molar-refractivity contribution in [2.24, 2.45) is 5.92 Å². The number of para-hydroxylation sites is 1. The van der Waals surface area contributed by atoms with Crippen molar-refractivity contribution in [1.29, 1.82) is 0 Å². The lowest BCUT2D eigenvalue weighted by Gasteiger charge is -2.17. The molecule has 0 atom stereocenters. The molecule has 0 aliphatic heterocycles. The molecule has 1 rings (SSSR count). The normalized spacial score (nSPS) is 11.0. The van der Waals surface area contributed by atoms with Crippen LogP contribution in [0.4, 0.5) is 0 Å². The number of hydrogen-bond donors (Lipinski definition) is 0. The van der Waals surface area contributed by atoms with Gasteiger partial charge in [0.2, 0.25) is 0 Å². The summed E-state index contributed by atoms with van der Waals surface area (Å²) in [6.07, 6.45) is 2.05. The topological polar surface area (TPSA) is 35.5 Å². The lowest BCUT2D eigenvalue weighted by atomic mass is 9.99. The average molecular weight is 292 g/mol. The standard InChI is InChI=1S/C18H28O3/c1-6-7-11-20-17-15(14(4)5)9-8-10-16(17)18(19)21-12-13(2)3/h8-10,13-14H,6-7,11-12H2,1-5H3. The molecular weight excluding hydrogens is 264 g/mol. The number of rotatable bonds is 8. The Balaban J connectivity index is 2.99. The van der Waals surface area contributed by atoms with Gasteiger partial charge in [-0.1, -0.05) is 53.2 Å². The second kappa shape index (κ2) is 8.71. The summed E-state index contributed by atoms with van der Waals surface area (Å²) in [5.74, 6) is 1.03. The van der Waals surface area contributed by atoms with E-state index in [2.05, 4.69) is 20.8 Å². The summed E-state index contributed by atoms with van der Waals surface area (Å²) in [6, 6.07) is 5.70. The van der Waals surface area contributed by atoms with Crippen molar-refractivity contribution < 1.29 is 14.3 Å². The van der Waals surface area contributed by atoms with Crippen LogP contribution in [0, 0.1) is 5.92 Å². The second-order valence-corrected chi connectivity index (χ2v) is 6.07. The summed E-state index contributed by atoms with van der Waals surface area (Å²) < 4.78 is 11.2. The lowest BCUT2D eigenvalue weighted by Crippen LogP contribution is -2.13. The molecule has 0 fully saturated rings. The van der Waals surface area contributed by atoms with Gasteiger partial charge < -0.3 is 9.47 Å². The van der Waals surface area contributed by atoms with E-state index in [1.54, 1.807) is 6.07 Å². The number of hydrogen-bond acceptors (Lipinski definition) is 3. The molecule has 0 spiro atoms. The van der Waals surface area contributed by atoms with E-state index < -0.39 is 0 Å². The Kier molecular flexibility index (Phi) is 7.27. The van der Waals surface area contributed by atoms with Crippen LogP contribution < -0.4 is 4.74 Å². The molecule has 0 saturated carbocycles. The van der Waals surface area contributed by atoms with Crippen LogP contribution in [-0.4, -0.2) is 19.2 Å². The van der Waals surface area contributed by atoms with Gasteiger partial charge in [-0.25, -0.2) is 4.79 Å². The Bertz CT molecular complexity index is 450. The van der Waals surface area contributed by atoms with Crippen LogP contribution in [0.1, 0.15) is 69.3 Å². The molecule has 1 aromatic carbocycles. The quantitative estimate of drug-likeness (QED) is 0.510. The molecule has 0 aliphatic rings. The van der Waals surface area contributed by atoms with Crippen molar-refractivity contribution in [2.45, 2.75) is 53.4 Å². The van der Waals surface area contributed by atoms with Crippen LogP contribution in [0.25, 0.3) is 0 Å². The van der Waals surface area contributed by atoms with Crippen LogP contribution in [0.15, 0.2) is 18.2 Å². The van der Waals surface area contributed by atoms with E-state index in [1.165, 1.54) is 0 Å². The van der Waals surface area contributed by atoms with E-state index >= 15 is 0 Å². The van der Waals surface area contributed by atoms with Gasteiger partial charge in [-0.3, -0.25) is 0 Å². The van der Waals surface area contributed by atoms with Gasteiger partial charge >= 0.3 is 5.97 Å². The van der Waals surface area contributed by atoms with E-state index in [9.17, 15) is 4.79 Å². The zero-order valence-electron chi connectivity index (χ0n) is 13.9. The van der Waals surface area contributed by atoms with Crippen LogP contribution >= 0.6 is 0 Å². The first-order valence-electron chi connectivity index (χ1n) is 7.90. The summed E-state index contributed by atoms with van der Waals surface area (Å²) in [4.78, 5) is 12.3. The van der Waals surface area contributed by atoms with Gasteiger partial charge in [0.1, 0.15) is 11.3 Å². The van der Waals surface area contributed by atoms with Crippen molar-refractivity contribution in [3.63, 3.8) is 0 Å². The second-order valence-electron chi connectivity index (χ2n) is 6.07. The summed E-state index contributed by atoms with van der Waals surface area (Å²) in [5.41, 5.74) is 1.60. The molecule has 0 bridgehead atoms. The predicted molar refractivity (Wildman–Crippen MR) is 86.1 cm³/mol. The zero-order valence-corrected chi connectivity index (χ0v) is 13.9. The van der Waals surface area contributed by atoms with E-state index in [0.717, 1.165) is 18.4 Å². The number of esters is 1. The third-order valence-electron chi connectivity index (χ3n) is 3.18. The van der Waals surface area contributed by atoms with Gasteiger partial charge in [0, 0.05) is 0 Å². The molecule has 21 heavy (non-hydrogen) atoms. The van der Waals surface area contributed by atoms with Crippen LogP contribution in [0.3, 0.4) is 0 Å². The van der Waals surface area contributed by atoms with Crippen molar-refractivity contribution >= 4 is 5.97 Å². The highest BCUT2D eigenvalue weighted by molar-refractivity contribution is 5.93. The fraction of sp³-hybridized carbons (Fsp3) is 0.611. The molecule has 0 heterocycles. The Morgan fingerprint density at radius 2 is 1.90 bits per heavy atom. The average Bonchev–Trinajstić information content (AvgIpc) is 2.44. The van der Waals surface area contributed by atoms with Crippen molar-refractivity contribution in [3.8, 4) is 5.75 Å². The number of benzene rings is 1. The first-order valence-corrected chi connectivity index (χ1v) is 7.90. The van der Waals surface area contributed by atoms with E-state index in [-0.39, 0.29) is 5.97 Å². The van der Waals surface area contributed by atoms with E-state index in [1.807, 2.05) is 26.0 Å². The van der Waals surface area contributed by atoms with Gasteiger partial charge in [0.25, 0.3) is 0 Å². The van der Waals surface area contributed by atoms with Crippen LogP contribution in [-0.2, 0) is 4.74 Å². The van der Waals surface area contributed by atoms with Gasteiger partial charge in [-0.2, -0.15) is 0 Å². The summed E-state index contributed by atoms with van der Waals surface area (Å²) in [6.45, 7) is 11.4. The monoisotopic (exact) mass is 292 g/mol. The Morgan fingerprint density at radius 1 is 1.19 bits per heavy atom. The maximum atomic E-state index is 12.3. The molecule has 0 radical (unpaired) electrons. The van der Waals surface area contributed by atoms with Gasteiger partial charge in [0.15, 0.2) is 0 Å². The molecule has 0 amide bonds. The maximum absolute atomic E-state index is 12.3. The van der Waals surface area contributed by atoms with Gasteiger partial charge in [-0.05, 0) is 29.9 Å². The lowest BCUT2D eigenvalue weighted by molar-refractivity contribution is 0.0454. The first-order chi connectivity index (χ1) is 9.97. The highest BCUT2D eigenvalue weighted by atomic mass is 16.5. The van der Waals surface area contributed by atoms with Crippen molar-refractivity contribution in [2.75, 3.05) is 13.2 Å². The molecule has 3 nitrogen and oxygen atoms in total.